The number of amides is 1. The third kappa shape index (κ3) is 4.42. The smallest absolute Gasteiger partial charge is 0.292 e. The maximum absolute atomic E-state index is 12.3. The van der Waals surface area contributed by atoms with Crippen LogP contribution in [0.5, 0.6) is 0 Å². The number of nitrogens with zero attached hydrogens (tertiary/aromatic N) is 3. The van der Waals surface area contributed by atoms with Crippen molar-refractivity contribution in [2.75, 3.05) is 24.3 Å². The predicted molar refractivity (Wildman–Crippen MR) is 96.1 cm³/mol. The van der Waals surface area contributed by atoms with Gasteiger partial charge in [0.05, 0.1) is 4.92 Å². The second kappa shape index (κ2) is 7.75. The van der Waals surface area contributed by atoms with Gasteiger partial charge in [0.15, 0.2) is 0 Å². The lowest BCUT2D eigenvalue weighted by Crippen LogP contribution is -2.14. The number of carbonyl (C=O) groups is 1. The highest BCUT2D eigenvalue weighted by molar-refractivity contribution is 6.10. The molecule has 0 aliphatic carbocycles. The Bertz CT molecular complexity index is 865. The number of para-hydroxylation sites is 2. The van der Waals surface area contributed by atoms with Crippen LogP contribution in [-0.2, 0) is 4.79 Å². The standard InChI is InChI=1S/C18H16N4O3/c1-21(2)15-9-7-13(8-10-15)11-14(12-19)18(23)20-16-5-3-4-6-17(16)22(24)25/h3-11H,1-2H3,(H,20,23)/b14-11+. The monoisotopic (exact) mass is 336 g/mol. The largest absolute Gasteiger partial charge is 0.378 e. The lowest BCUT2D eigenvalue weighted by atomic mass is 10.1. The fourth-order valence-corrected chi connectivity index (χ4v) is 2.11. The molecule has 1 N–H and O–H groups in total. The van der Waals surface area contributed by atoms with E-state index in [1.807, 2.05) is 37.2 Å². The highest BCUT2D eigenvalue weighted by Gasteiger charge is 2.17. The van der Waals surface area contributed by atoms with E-state index in [1.165, 1.54) is 24.3 Å². The molecule has 126 valence electrons. The Labute approximate surface area is 145 Å². The molecule has 7 heteroatoms. The molecule has 0 heterocycles. The van der Waals surface area contributed by atoms with Crippen LogP contribution in [0.3, 0.4) is 0 Å². The minimum Gasteiger partial charge on any atom is -0.378 e. The molecular formula is C18H16N4O3. The summed E-state index contributed by atoms with van der Waals surface area (Å²) in [5.74, 6) is -0.700. The number of nitrogens with one attached hydrogen (secondary N) is 1. The van der Waals surface area contributed by atoms with Crippen molar-refractivity contribution in [3.63, 3.8) is 0 Å². The molecule has 0 saturated heterocycles. The van der Waals surface area contributed by atoms with E-state index in [-0.39, 0.29) is 16.9 Å². The van der Waals surface area contributed by atoms with Crippen LogP contribution in [0.1, 0.15) is 5.56 Å². The van der Waals surface area contributed by atoms with Gasteiger partial charge in [0.25, 0.3) is 11.6 Å². The molecule has 2 aromatic carbocycles. The van der Waals surface area contributed by atoms with Gasteiger partial charge in [0.2, 0.25) is 0 Å². The van der Waals surface area contributed by atoms with Crippen LogP contribution < -0.4 is 10.2 Å². The van der Waals surface area contributed by atoms with E-state index in [0.717, 1.165) is 5.69 Å². The van der Waals surface area contributed by atoms with Gasteiger partial charge in [-0.1, -0.05) is 24.3 Å². The molecule has 1 amide bonds. The maximum atomic E-state index is 12.3. The lowest BCUT2D eigenvalue weighted by molar-refractivity contribution is -0.383. The van der Waals surface area contributed by atoms with Crippen molar-refractivity contribution in [2.45, 2.75) is 0 Å². The molecule has 0 spiro atoms. The van der Waals surface area contributed by atoms with Crippen molar-refractivity contribution < 1.29 is 9.72 Å². The summed E-state index contributed by atoms with van der Waals surface area (Å²) in [6.45, 7) is 0. The van der Waals surface area contributed by atoms with Gasteiger partial charge < -0.3 is 10.2 Å². The van der Waals surface area contributed by atoms with E-state index in [9.17, 15) is 20.2 Å². The van der Waals surface area contributed by atoms with Gasteiger partial charge in [-0.05, 0) is 29.8 Å². The van der Waals surface area contributed by atoms with E-state index in [0.29, 0.717) is 5.56 Å². The highest BCUT2D eigenvalue weighted by Crippen LogP contribution is 2.24. The van der Waals surface area contributed by atoms with E-state index in [1.54, 1.807) is 18.2 Å². The molecule has 0 unspecified atom stereocenters. The third-order valence-corrected chi connectivity index (χ3v) is 3.43. The number of hydrogen-bond donors (Lipinski definition) is 1. The maximum Gasteiger partial charge on any atom is 0.292 e. The zero-order valence-electron chi connectivity index (χ0n) is 13.8. The number of nitro groups is 1. The van der Waals surface area contributed by atoms with Crippen molar-refractivity contribution in [1.29, 1.82) is 5.26 Å². The normalized spacial score (nSPS) is 10.7. The number of nitro benzene ring substituents is 1. The average molecular weight is 336 g/mol. The lowest BCUT2D eigenvalue weighted by Gasteiger charge is -2.12. The fourth-order valence-electron chi connectivity index (χ4n) is 2.11. The second-order valence-electron chi connectivity index (χ2n) is 5.38. The quantitative estimate of drug-likeness (QED) is 0.391. The summed E-state index contributed by atoms with van der Waals surface area (Å²) < 4.78 is 0. The van der Waals surface area contributed by atoms with Crippen molar-refractivity contribution in [3.8, 4) is 6.07 Å². The first kappa shape index (κ1) is 17.7. The molecular weight excluding hydrogens is 320 g/mol. The topological polar surface area (TPSA) is 99.3 Å². The van der Waals surface area contributed by atoms with E-state index < -0.39 is 10.8 Å². The second-order valence-corrected chi connectivity index (χ2v) is 5.38. The Morgan fingerprint density at radius 2 is 1.84 bits per heavy atom. The van der Waals surface area contributed by atoms with Crippen molar-refractivity contribution in [3.05, 3.63) is 69.8 Å². The third-order valence-electron chi connectivity index (χ3n) is 3.43. The van der Waals surface area contributed by atoms with Gasteiger partial charge >= 0.3 is 0 Å². The van der Waals surface area contributed by atoms with Crippen LogP contribution in [0.15, 0.2) is 54.1 Å². The van der Waals surface area contributed by atoms with Crippen molar-refractivity contribution in [2.24, 2.45) is 0 Å². The number of rotatable bonds is 5. The minimum atomic E-state index is -0.700. The molecule has 7 nitrogen and oxygen atoms in total. The Balaban J connectivity index is 2.24. The molecule has 2 aromatic rings. The van der Waals surface area contributed by atoms with Crippen molar-refractivity contribution in [1.82, 2.24) is 0 Å². The minimum absolute atomic E-state index is 0.0432. The molecule has 0 radical (unpaired) electrons. The number of benzene rings is 2. The van der Waals surface area contributed by atoms with Crippen LogP contribution >= 0.6 is 0 Å². The van der Waals surface area contributed by atoms with Crippen LogP contribution in [0.2, 0.25) is 0 Å². The molecule has 2 rings (SSSR count). The van der Waals surface area contributed by atoms with E-state index in [2.05, 4.69) is 5.32 Å². The number of anilines is 2. The summed E-state index contributed by atoms with van der Waals surface area (Å²) >= 11 is 0. The number of nitriles is 1. The highest BCUT2D eigenvalue weighted by atomic mass is 16.6. The first-order valence-electron chi connectivity index (χ1n) is 7.36. The van der Waals surface area contributed by atoms with E-state index >= 15 is 0 Å². The zero-order chi connectivity index (χ0) is 18.4. The van der Waals surface area contributed by atoms with Crippen LogP contribution in [0.4, 0.5) is 17.1 Å². The molecule has 0 bridgehead atoms. The summed E-state index contributed by atoms with van der Waals surface area (Å²) in [4.78, 5) is 24.6. The van der Waals surface area contributed by atoms with Gasteiger partial charge in [-0.15, -0.1) is 0 Å². The van der Waals surface area contributed by atoms with Crippen molar-refractivity contribution >= 4 is 29.0 Å². The van der Waals surface area contributed by atoms with Gasteiger partial charge in [-0.2, -0.15) is 5.26 Å². The Morgan fingerprint density at radius 3 is 2.40 bits per heavy atom. The fraction of sp³-hybridized carbons (Fsp3) is 0.111. The molecule has 0 fully saturated rings. The zero-order valence-corrected chi connectivity index (χ0v) is 13.8. The molecule has 0 saturated carbocycles. The first-order valence-corrected chi connectivity index (χ1v) is 7.36. The van der Waals surface area contributed by atoms with Gasteiger partial charge in [-0.3, -0.25) is 14.9 Å². The van der Waals surface area contributed by atoms with E-state index in [4.69, 9.17) is 0 Å². The molecule has 0 aromatic heterocycles. The van der Waals surface area contributed by atoms with Crippen LogP contribution in [0, 0.1) is 21.4 Å². The Kier molecular flexibility index (Phi) is 5.48. The summed E-state index contributed by atoms with van der Waals surface area (Å²) in [5, 5.41) is 22.6. The van der Waals surface area contributed by atoms with Crippen LogP contribution in [0.25, 0.3) is 6.08 Å². The SMILES string of the molecule is CN(C)c1ccc(/C=C(\C#N)C(=O)Nc2ccccc2[N+](=O)[O-])cc1. The Hall–Kier alpha value is -3.66. The summed E-state index contributed by atoms with van der Waals surface area (Å²) in [5.41, 5.74) is 1.33. The van der Waals surface area contributed by atoms with Gasteiger partial charge in [0, 0.05) is 25.8 Å². The number of carbonyl (C=O) groups excluding carboxylic acids is 1. The Morgan fingerprint density at radius 1 is 1.20 bits per heavy atom. The molecule has 0 aliphatic rings. The average Bonchev–Trinajstić information content (AvgIpc) is 2.60. The number of hydrogen-bond acceptors (Lipinski definition) is 5. The summed E-state index contributed by atoms with van der Waals surface area (Å²) in [6.07, 6.45) is 1.43. The first-order chi connectivity index (χ1) is 11.9. The molecule has 0 atom stereocenters. The molecule has 25 heavy (non-hydrogen) atoms. The van der Waals surface area contributed by atoms with Crippen LogP contribution in [-0.4, -0.2) is 24.9 Å². The van der Waals surface area contributed by atoms with Gasteiger partial charge in [0.1, 0.15) is 17.3 Å². The predicted octanol–water partition coefficient (Wildman–Crippen LogP) is 3.21. The summed E-state index contributed by atoms with van der Waals surface area (Å²) in [6, 6.07) is 14.9. The summed E-state index contributed by atoms with van der Waals surface area (Å²) in [7, 11) is 3.82. The van der Waals surface area contributed by atoms with Gasteiger partial charge in [-0.25, -0.2) is 0 Å². The molecule has 0 aliphatic heterocycles.